The summed E-state index contributed by atoms with van der Waals surface area (Å²) >= 11 is 0. The topological polar surface area (TPSA) is 86.5 Å². The number of alkyl carbamates (subject to hydrolysis) is 1. The van der Waals surface area contributed by atoms with Crippen molar-refractivity contribution in [2.24, 2.45) is 11.8 Å². The Hall–Kier alpha value is -1.84. The molecule has 4 fully saturated rings. The summed E-state index contributed by atoms with van der Waals surface area (Å²) in [5.74, 6) is 1.60. The van der Waals surface area contributed by atoms with Crippen molar-refractivity contribution in [1.82, 2.24) is 15.5 Å². The summed E-state index contributed by atoms with van der Waals surface area (Å²) < 4.78 is 52.0. The fourth-order valence-electron chi connectivity index (χ4n) is 4.58. The van der Waals surface area contributed by atoms with Crippen molar-refractivity contribution in [3.05, 3.63) is 11.8 Å². The predicted molar refractivity (Wildman–Crippen MR) is 93.9 cm³/mol. The first-order chi connectivity index (χ1) is 13.5. The Morgan fingerprint density at radius 2 is 1.69 bits per heavy atom. The van der Waals surface area contributed by atoms with Gasteiger partial charge in [0.15, 0.2) is 0 Å². The molecule has 2 bridgehead atoms. The number of halogens is 3. The molecule has 1 N–H and O–H groups in total. The Morgan fingerprint density at radius 3 is 2.31 bits per heavy atom. The number of nitrogens with one attached hydrogen (secondary N) is 1. The molecule has 4 saturated carbocycles. The van der Waals surface area contributed by atoms with Gasteiger partial charge in [0.1, 0.15) is 5.60 Å². The molecule has 7 nitrogen and oxygen atoms in total. The molecule has 4 aliphatic carbocycles. The van der Waals surface area contributed by atoms with E-state index in [2.05, 4.69) is 20.3 Å². The van der Waals surface area contributed by atoms with Crippen LogP contribution >= 0.6 is 0 Å². The second-order valence-corrected chi connectivity index (χ2v) is 9.42. The van der Waals surface area contributed by atoms with Gasteiger partial charge in [-0.3, -0.25) is 4.74 Å². The average molecular weight is 417 g/mol. The largest absolute Gasteiger partial charge is 0.522 e. The molecule has 0 radical (unpaired) electrons. The first kappa shape index (κ1) is 20.4. The third-order valence-electron chi connectivity index (χ3n) is 6.08. The molecule has 0 aliphatic heterocycles. The third-order valence-corrected chi connectivity index (χ3v) is 6.08. The van der Waals surface area contributed by atoms with Gasteiger partial charge in [0.2, 0.25) is 11.8 Å². The van der Waals surface area contributed by atoms with Crippen LogP contribution in [0.4, 0.5) is 18.0 Å². The number of hydrogen-bond donors (Lipinski definition) is 1. The van der Waals surface area contributed by atoms with Crippen molar-refractivity contribution < 1.29 is 31.9 Å². The molecule has 1 aromatic heterocycles. The maximum atomic E-state index is 12.3. The number of alkyl halides is 3. The van der Waals surface area contributed by atoms with Gasteiger partial charge in [-0.25, -0.2) is 4.79 Å². The van der Waals surface area contributed by atoms with Crippen molar-refractivity contribution in [1.29, 1.82) is 0 Å². The highest BCUT2D eigenvalue weighted by molar-refractivity contribution is 5.68. The molecule has 4 aliphatic rings. The lowest BCUT2D eigenvalue weighted by molar-refractivity contribution is -0.352. The van der Waals surface area contributed by atoms with Gasteiger partial charge in [0.25, 0.3) is 0 Å². The maximum absolute atomic E-state index is 12.3. The van der Waals surface area contributed by atoms with E-state index in [1.54, 1.807) is 0 Å². The van der Waals surface area contributed by atoms with Gasteiger partial charge in [-0.2, -0.15) is 0 Å². The Labute approximate surface area is 166 Å². The molecule has 1 heterocycles. The minimum absolute atomic E-state index is 0.0107. The van der Waals surface area contributed by atoms with Crippen molar-refractivity contribution in [2.75, 3.05) is 0 Å². The van der Waals surface area contributed by atoms with E-state index in [-0.39, 0.29) is 30.7 Å². The molecule has 10 heteroatoms. The van der Waals surface area contributed by atoms with Crippen molar-refractivity contribution >= 4 is 6.09 Å². The van der Waals surface area contributed by atoms with E-state index in [4.69, 9.17) is 9.15 Å². The second-order valence-electron chi connectivity index (χ2n) is 9.42. The minimum Gasteiger partial charge on any atom is -0.444 e. The second kappa shape index (κ2) is 7.14. The molecule has 162 valence electrons. The highest BCUT2D eigenvalue weighted by Crippen LogP contribution is 2.53. The Balaban J connectivity index is 1.33. The Bertz CT molecular complexity index is 749. The smallest absolute Gasteiger partial charge is 0.444 e. The van der Waals surface area contributed by atoms with Gasteiger partial charge in [-0.15, -0.1) is 23.4 Å². The van der Waals surface area contributed by atoms with Gasteiger partial charge in [0, 0.05) is 17.9 Å². The van der Waals surface area contributed by atoms with Crippen LogP contribution in [0.15, 0.2) is 4.42 Å². The molecule has 0 spiro atoms. The predicted octanol–water partition coefficient (Wildman–Crippen LogP) is 4.26. The lowest BCUT2D eigenvalue weighted by Gasteiger charge is -2.50. The van der Waals surface area contributed by atoms with E-state index in [0.717, 1.165) is 12.8 Å². The number of nitrogens with zero attached hydrogens (tertiary/aromatic N) is 2. The Kier molecular flexibility index (Phi) is 5.03. The van der Waals surface area contributed by atoms with E-state index >= 15 is 0 Å². The van der Waals surface area contributed by atoms with Crippen molar-refractivity contribution in [3.8, 4) is 0 Å². The molecule has 29 heavy (non-hydrogen) atoms. The van der Waals surface area contributed by atoms with E-state index in [1.807, 2.05) is 20.8 Å². The number of carbonyl (C=O) groups excluding carboxylic acids is 1. The van der Waals surface area contributed by atoms with Crippen LogP contribution in [0, 0.1) is 11.8 Å². The molecule has 2 atom stereocenters. The van der Waals surface area contributed by atoms with Crippen LogP contribution in [0.2, 0.25) is 0 Å². The molecule has 1 amide bonds. The van der Waals surface area contributed by atoms with Crippen molar-refractivity contribution in [2.45, 2.75) is 88.8 Å². The van der Waals surface area contributed by atoms with Gasteiger partial charge >= 0.3 is 12.5 Å². The first-order valence-corrected chi connectivity index (χ1v) is 10.0. The van der Waals surface area contributed by atoms with E-state index in [9.17, 15) is 18.0 Å². The fraction of sp³-hybridized carbons (Fsp3) is 0.842. The van der Waals surface area contributed by atoms with Crippen molar-refractivity contribution in [3.63, 3.8) is 0 Å². The zero-order chi connectivity index (χ0) is 21.0. The lowest BCUT2D eigenvalue weighted by atomic mass is 9.57. The standard InChI is InChI=1S/C19H26F3N3O4/c1-18(2,3)29-17(26)23-14-8-13(9-4-10(14)5-9)16-25-24-15(27-16)11-6-12(7-11)28-19(20,21)22/h9-14H,4-8H2,1-3H3,(H,23,26). The van der Waals surface area contributed by atoms with Crippen LogP contribution in [0.3, 0.4) is 0 Å². The van der Waals surface area contributed by atoms with E-state index in [1.165, 1.54) is 0 Å². The SMILES string of the molecule is CC(C)(C)OC(=O)NC1CC(c2nnc(C3CC(OC(F)(F)F)C3)o2)C2CC1C2. The molecule has 1 aromatic rings. The fourth-order valence-corrected chi connectivity index (χ4v) is 4.58. The average Bonchev–Trinajstić information content (AvgIpc) is 2.95. The monoisotopic (exact) mass is 417 g/mol. The van der Waals surface area contributed by atoms with Crippen LogP contribution in [-0.2, 0) is 9.47 Å². The first-order valence-electron chi connectivity index (χ1n) is 10.0. The highest BCUT2D eigenvalue weighted by Gasteiger charge is 2.49. The Morgan fingerprint density at radius 1 is 1.03 bits per heavy atom. The quantitative estimate of drug-likeness (QED) is 0.788. The van der Waals surface area contributed by atoms with Crippen LogP contribution < -0.4 is 5.32 Å². The zero-order valence-corrected chi connectivity index (χ0v) is 16.7. The summed E-state index contributed by atoms with van der Waals surface area (Å²) in [6.07, 6.45) is -2.79. The summed E-state index contributed by atoms with van der Waals surface area (Å²) in [4.78, 5) is 12.1. The van der Waals surface area contributed by atoms with Gasteiger partial charge < -0.3 is 14.5 Å². The number of hydrogen-bond acceptors (Lipinski definition) is 6. The van der Waals surface area contributed by atoms with Gasteiger partial charge in [-0.05, 0) is 64.7 Å². The maximum Gasteiger partial charge on any atom is 0.522 e. The summed E-state index contributed by atoms with van der Waals surface area (Å²) in [6.45, 7) is 5.46. The lowest BCUT2D eigenvalue weighted by Crippen LogP contribution is -2.53. The summed E-state index contributed by atoms with van der Waals surface area (Å²) in [6, 6.07) is -0.0107. The van der Waals surface area contributed by atoms with Crippen LogP contribution in [0.5, 0.6) is 0 Å². The molecular weight excluding hydrogens is 391 g/mol. The summed E-state index contributed by atoms with van der Waals surface area (Å²) in [7, 11) is 0. The number of rotatable bonds is 4. The van der Waals surface area contributed by atoms with E-state index < -0.39 is 24.2 Å². The van der Waals surface area contributed by atoms with Crippen LogP contribution in [0.25, 0.3) is 0 Å². The minimum atomic E-state index is -4.62. The highest BCUT2D eigenvalue weighted by atomic mass is 19.4. The zero-order valence-electron chi connectivity index (χ0n) is 16.7. The summed E-state index contributed by atoms with van der Waals surface area (Å²) in [5, 5.41) is 11.2. The molecule has 0 aromatic carbocycles. The van der Waals surface area contributed by atoms with Crippen LogP contribution in [0.1, 0.15) is 76.5 Å². The van der Waals surface area contributed by atoms with Gasteiger partial charge in [-0.1, -0.05) is 0 Å². The number of amides is 1. The van der Waals surface area contributed by atoms with Crippen LogP contribution in [-0.4, -0.2) is 40.4 Å². The molecule has 5 rings (SSSR count). The summed E-state index contributed by atoms with van der Waals surface area (Å²) in [5.41, 5.74) is -0.557. The number of carbonyl (C=O) groups is 1. The number of fused-ring (bicyclic) bond motifs is 2. The number of aromatic nitrogens is 2. The molecule has 0 saturated heterocycles. The van der Waals surface area contributed by atoms with E-state index in [0.29, 0.717) is 30.0 Å². The number of ether oxygens (including phenoxy) is 2. The molecule has 2 unspecified atom stereocenters. The van der Waals surface area contributed by atoms with Gasteiger partial charge in [0.05, 0.1) is 6.10 Å². The third kappa shape index (κ3) is 4.67. The normalized spacial score (nSPS) is 34.1. The molecular formula is C19H26F3N3O4.